The van der Waals surface area contributed by atoms with E-state index < -0.39 is 5.60 Å². The highest BCUT2D eigenvalue weighted by Crippen LogP contribution is 2.33. The topological polar surface area (TPSA) is 70.6 Å². The molecule has 0 spiro atoms. The van der Waals surface area contributed by atoms with Crippen LogP contribution in [0.15, 0.2) is 36.7 Å². The van der Waals surface area contributed by atoms with Crippen molar-refractivity contribution in [1.29, 1.82) is 0 Å². The number of carbonyl (C=O) groups is 1. The number of rotatable bonds is 3. The third kappa shape index (κ3) is 4.60. The Bertz CT molecular complexity index is 872. The molecule has 2 aromatic rings. The van der Waals surface area contributed by atoms with Crippen LogP contribution in [0.1, 0.15) is 44.4 Å². The third-order valence-electron chi connectivity index (χ3n) is 5.33. The quantitative estimate of drug-likeness (QED) is 0.856. The molecule has 1 saturated heterocycles. The summed E-state index contributed by atoms with van der Waals surface area (Å²) in [4.78, 5) is 25.3. The zero-order valence-electron chi connectivity index (χ0n) is 17.4. The molecular formula is C22H29N5O2. The molecule has 2 heterocycles. The highest BCUT2D eigenvalue weighted by molar-refractivity contribution is 5.68. The second-order valence-corrected chi connectivity index (χ2v) is 8.65. The summed E-state index contributed by atoms with van der Waals surface area (Å²) in [6.45, 7) is 8.32. The van der Waals surface area contributed by atoms with E-state index in [2.05, 4.69) is 39.5 Å². The van der Waals surface area contributed by atoms with Crippen LogP contribution in [0.3, 0.4) is 0 Å². The van der Waals surface area contributed by atoms with E-state index in [0.29, 0.717) is 26.2 Å². The van der Waals surface area contributed by atoms with E-state index >= 15 is 0 Å². The molecule has 1 aromatic heterocycles. The molecule has 2 aliphatic rings. The van der Waals surface area contributed by atoms with Crippen LogP contribution in [-0.2, 0) is 11.2 Å². The van der Waals surface area contributed by atoms with Gasteiger partial charge in [-0.25, -0.2) is 9.78 Å². The molecule has 1 aliphatic carbocycles. The summed E-state index contributed by atoms with van der Waals surface area (Å²) in [6.07, 6.45) is 5.48. The normalized spacial score (nSPS) is 19.1. The first-order valence-corrected chi connectivity index (χ1v) is 10.3. The first-order valence-electron chi connectivity index (χ1n) is 10.3. The summed E-state index contributed by atoms with van der Waals surface area (Å²) in [6, 6.07) is 8.85. The van der Waals surface area contributed by atoms with Gasteiger partial charge in [0.1, 0.15) is 17.2 Å². The lowest BCUT2D eigenvalue weighted by Gasteiger charge is -2.36. The number of piperazine rings is 1. The Labute approximate surface area is 172 Å². The highest BCUT2D eigenvalue weighted by Gasteiger charge is 2.27. The minimum absolute atomic E-state index is 0.251. The van der Waals surface area contributed by atoms with Crippen LogP contribution in [-0.4, -0.2) is 52.7 Å². The summed E-state index contributed by atoms with van der Waals surface area (Å²) in [7, 11) is 0. The van der Waals surface area contributed by atoms with Crippen LogP contribution in [0, 0.1) is 0 Å². The van der Waals surface area contributed by atoms with Crippen LogP contribution >= 0.6 is 0 Å². The van der Waals surface area contributed by atoms with Crippen molar-refractivity contribution in [1.82, 2.24) is 14.9 Å². The molecule has 7 nitrogen and oxygen atoms in total. The van der Waals surface area contributed by atoms with E-state index in [1.807, 2.05) is 20.8 Å². The predicted octanol–water partition coefficient (Wildman–Crippen LogP) is 3.63. The predicted molar refractivity (Wildman–Crippen MR) is 113 cm³/mol. The van der Waals surface area contributed by atoms with Crippen molar-refractivity contribution in [3.05, 3.63) is 47.8 Å². The molecule has 0 bridgehead atoms. The fraction of sp³-hybridized carbons (Fsp3) is 0.500. The molecule has 154 valence electrons. The minimum Gasteiger partial charge on any atom is -0.444 e. The monoisotopic (exact) mass is 395 g/mol. The van der Waals surface area contributed by atoms with Gasteiger partial charge in [0.2, 0.25) is 0 Å². The van der Waals surface area contributed by atoms with E-state index in [0.717, 1.165) is 24.5 Å². The number of nitrogens with zero attached hydrogens (tertiary/aromatic N) is 4. The second kappa shape index (κ2) is 7.89. The second-order valence-electron chi connectivity index (χ2n) is 8.65. The first-order chi connectivity index (χ1) is 13.9. The summed E-state index contributed by atoms with van der Waals surface area (Å²) >= 11 is 0. The Morgan fingerprint density at radius 2 is 1.90 bits per heavy atom. The highest BCUT2D eigenvalue weighted by atomic mass is 16.6. The van der Waals surface area contributed by atoms with E-state index in [1.165, 1.54) is 11.1 Å². The number of benzene rings is 1. The van der Waals surface area contributed by atoms with Crippen LogP contribution in [0.25, 0.3) is 0 Å². The van der Waals surface area contributed by atoms with Gasteiger partial charge in [0, 0.05) is 26.2 Å². The molecule has 0 saturated carbocycles. The Kier molecular flexibility index (Phi) is 5.30. The Morgan fingerprint density at radius 1 is 1.14 bits per heavy atom. The van der Waals surface area contributed by atoms with Gasteiger partial charge >= 0.3 is 6.09 Å². The zero-order valence-corrected chi connectivity index (χ0v) is 17.4. The standard InChI is InChI=1S/C22H29N5O2/c1-22(2,3)29-21(28)27-12-10-26(11-13-27)20-15-23-14-19(25-20)24-18-9-8-16-6-4-5-7-17(16)18/h4-7,14-15,18H,8-13H2,1-3H3,(H,24,25). The van der Waals surface area contributed by atoms with Crippen molar-refractivity contribution < 1.29 is 9.53 Å². The molecule has 1 amide bonds. The average Bonchev–Trinajstić information content (AvgIpc) is 3.10. The van der Waals surface area contributed by atoms with Gasteiger partial charge in [0.25, 0.3) is 0 Å². The Balaban J connectivity index is 1.37. The largest absolute Gasteiger partial charge is 0.444 e. The van der Waals surface area contributed by atoms with Crippen molar-refractivity contribution in [2.24, 2.45) is 0 Å². The smallest absolute Gasteiger partial charge is 0.410 e. The molecule has 29 heavy (non-hydrogen) atoms. The molecule has 7 heteroatoms. The minimum atomic E-state index is -0.474. The van der Waals surface area contributed by atoms with Crippen molar-refractivity contribution in [3.63, 3.8) is 0 Å². The van der Waals surface area contributed by atoms with Gasteiger partial charge in [0.15, 0.2) is 0 Å². The van der Waals surface area contributed by atoms with Gasteiger partial charge in [-0.05, 0) is 44.7 Å². The molecule has 1 fully saturated rings. The average molecular weight is 396 g/mol. The molecule has 1 unspecified atom stereocenters. The van der Waals surface area contributed by atoms with Gasteiger partial charge in [-0.15, -0.1) is 0 Å². The van der Waals surface area contributed by atoms with E-state index in [-0.39, 0.29) is 12.1 Å². The van der Waals surface area contributed by atoms with E-state index in [9.17, 15) is 4.79 Å². The lowest BCUT2D eigenvalue weighted by molar-refractivity contribution is 0.0240. The fourth-order valence-corrected chi connectivity index (χ4v) is 3.91. The number of hydrogen-bond acceptors (Lipinski definition) is 6. The number of ether oxygens (including phenoxy) is 1. The lowest BCUT2D eigenvalue weighted by Crippen LogP contribution is -2.50. The number of hydrogen-bond donors (Lipinski definition) is 1. The lowest BCUT2D eigenvalue weighted by atomic mass is 10.1. The third-order valence-corrected chi connectivity index (χ3v) is 5.33. The molecule has 1 atom stereocenters. The maximum absolute atomic E-state index is 12.3. The fourth-order valence-electron chi connectivity index (χ4n) is 3.91. The van der Waals surface area contributed by atoms with Crippen molar-refractivity contribution in [2.75, 3.05) is 36.4 Å². The molecular weight excluding hydrogens is 366 g/mol. The molecule has 0 radical (unpaired) electrons. The first kappa shape index (κ1) is 19.5. The number of aromatic nitrogens is 2. The van der Waals surface area contributed by atoms with Gasteiger partial charge < -0.3 is 19.9 Å². The van der Waals surface area contributed by atoms with Crippen LogP contribution in [0.2, 0.25) is 0 Å². The Hall–Kier alpha value is -2.83. The van der Waals surface area contributed by atoms with Crippen molar-refractivity contribution >= 4 is 17.7 Å². The zero-order chi connectivity index (χ0) is 20.4. The number of fused-ring (bicyclic) bond motifs is 1. The molecule has 1 aromatic carbocycles. The maximum Gasteiger partial charge on any atom is 0.410 e. The van der Waals surface area contributed by atoms with E-state index in [4.69, 9.17) is 9.72 Å². The van der Waals surface area contributed by atoms with Gasteiger partial charge in [-0.2, -0.15) is 0 Å². The van der Waals surface area contributed by atoms with Gasteiger partial charge in [0.05, 0.1) is 18.4 Å². The maximum atomic E-state index is 12.3. The van der Waals surface area contributed by atoms with E-state index in [1.54, 1.807) is 17.3 Å². The van der Waals surface area contributed by atoms with Crippen LogP contribution in [0.4, 0.5) is 16.4 Å². The van der Waals surface area contributed by atoms with Crippen molar-refractivity contribution in [3.8, 4) is 0 Å². The van der Waals surface area contributed by atoms with Gasteiger partial charge in [-0.3, -0.25) is 4.98 Å². The number of carbonyl (C=O) groups excluding carboxylic acids is 1. The van der Waals surface area contributed by atoms with Crippen LogP contribution < -0.4 is 10.2 Å². The van der Waals surface area contributed by atoms with Gasteiger partial charge in [-0.1, -0.05) is 24.3 Å². The summed E-state index contributed by atoms with van der Waals surface area (Å²) in [5.74, 6) is 1.63. The number of amides is 1. The van der Waals surface area contributed by atoms with Crippen molar-refractivity contribution in [2.45, 2.75) is 45.3 Å². The summed E-state index contributed by atoms with van der Waals surface area (Å²) in [5.41, 5.74) is 2.29. The Morgan fingerprint density at radius 3 is 2.66 bits per heavy atom. The summed E-state index contributed by atoms with van der Waals surface area (Å²) in [5, 5.41) is 3.54. The molecule has 1 aliphatic heterocycles. The SMILES string of the molecule is CC(C)(C)OC(=O)N1CCN(c2cncc(NC3CCc4ccccc43)n2)CC1. The number of anilines is 2. The summed E-state index contributed by atoms with van der Waals surface area (Å²) < 4.78 is 5.47. The van der Waals surface area contributed by atoms with Crippen LogP contribution in [0.5, 0.6) is 0 Å². The number of aryl methyl sites for hydroxylation is 1. The number of nitrogens with one attached hydrogen (secondary N) is 1. The molecule has 4 rings (SSSR count). The molecule has 1 N–H and O–H groups in total.